The maximum atomic E-state index is 6.67. The van der Waals surface area contributed by atoms with E-state index in [2.05, 4.69) is 116 Å². The van der Waals surface area contributed by atoms with Crippen molar-refractivity contribution < 1.29 is 4.42 Å². The number of nitrogen functional groups attached to an aromatic ring is 1. The number of hydrogen-bond donors (Lipinski definition) is 1. The first-order valence-corrected chi connectivity index (χ1v) is 16.9. The molecule has 2 aromatic heterocycles. The third-order valence-corrected chi connectivity index (χ3v) is 9.77. The van der Waals surface area contributed by atoms with Crippen molar-refractivity contribution in [2.75, 3.05) is 5.73 Å². The number of fused-ring (bicyclic) bond motifs is 3. The number of aromatic nitrogens is 2. The molecule has 9 rings (SSSR count). The van der Waals surface area contributed by atoms with Gasteiger partial charge in [-0.2, -0.15) is 0 Å². The minimum atomic E-state index is 0.0702. The zero-order chi connectivity index (χ0) is 33.6. The Labute approximate surface area is 290 Å². The molecule has 9 aromatic rings. The molecule has 0 radical (unpaired) electrons. The molecule has 1 unspecified atom stereocenters. The lowest BCUT2D eigenvalue weighted by atomic mass is 9.87. The molecule has 0 amide bonds. The van der Waals surface area contributed by atoms with Gasteiger partial charge in [-0.25, -0.2) is 9.97 Å². The maximum Gasteiger partial charge on any atom is 0.160 e. The second kappa shape index (κ2) is 12.2. The minimum Gasteiger partial charge on any atom is -0.456 e. The molecule has 0 aliphatic heterocycles. The number of nitrogens with two attached hydrogens (primary N) is 1. The van der Waals surface area contributed by atoms with Crippen LogP contribution < -0.4 is 5.73 Å². The first kappa shape index (κ1) is 29.6. The molecule has 2 N–H and O–H groups in total. The van der Waals surface area contributed by atoms with Crippen LogP contribution in [0.4, 0.5) is 5.69 Å². The third-order valence-electron chi connectivity index (χ3n) is 9.77. The molecule has 0 spiro atoms. The van der Waals surface area contributed by atoms with Crippen LogP contribution in [0.15, 0.2) is 168 Å². The van der Waals surface area contributed by atoms with Crippen LogP contribution in [0.2, 0.25) is 0 Å². The van der Waals surface area contributed by atoms with Crippen LogP contribution in [0.3, 0.4) is 0 Å². The zero-order valence-electron chi connectivity index (χ0n) is 27.5. The molecule has 238 valence electrons. The Morgan fingerprint density at radius 2 is 1.14 bits per heavy atom. The average molecular weight is 644 g/mol. The van der Waals surface area contributed by atoms with E-state index in [9.17, 15) is 0 Å². The van der Waals surface area contributed by atoms with Crippen LogP contribution in [0.1, 0.15) is 24.0 Å². The van der Waals surface area contributed by atoms with Crippen LogP contribution in [0.5, 0.6) is 0 Å². The number of hydrogen-bond acceptors (Lipinski definition) is 4. The van der Waals surface area contributed by atoms with Crippen LogP contribution in [0, 0.1) is 0 Å². The largest absolute Gasteiger partial charge is 0.456 e. The van der Waals surface area contributed by atoms with Gasteiger partial charge in [0.15, 0.2) is 5.82 Å². The van der Waals surface area contributed by atoms with Gasteiger partial charge in [-0.3, -0.25) is 0 Å². The van der Waals surface area contributed by atoms with Gasteiger partial charge in [0, 0.05) is 44.6 Å². The molecule has 1 atom stereocenters. The van der Waals surface area contributed by atoms with Crippen LogP contribution in [-0.4, -0.2) is 9.97 Å². The molecule has 0 bridgehead atoms. The van der Waals surface area contributed by atoms with E-state index < -0.39 is 0 Å². The van der Waals surface area contributed by atoms with E-state index in [1.807, 2.05) is 54.6 Å². The molecule has 0 aliphatic carbocycles. The molecule has 7 aromatic carbocycles. The average Bonchev–Trinajstić information content (AvgIpc) is 3.57. The highest BCUT2D eigenvalue weighted by Gasteiger charge is 2.24. The smallest absolute Gasteiger partial charge is 0.160 e. The molecule has 0 aliphatic rings. The lowest BCUT2D eigenvalue weighted by molar-refractivity contribution is 0.625. The Balaban J connectivity index is 1.05. The van der Waals surface area contributed by atoms with Crippen LogP contribution >= 0.6 is 0 Å². The van der Waals surface area contributed by atoms with Gasteiger partial charge in [-0.15, -0.1) is 0 Å². The standard InChI is InChI=1S/C46H33N3O/c1-29(43-38-16-8-10-18-42(38)50-45(43)39-27-35-13-5-6-14-36(35)28-40(39)47)30-19-21-31(22-20-30)32-23-25-33(26-24-32)44-37-15-7-9-17-41(37)48-46(49-44)34-11-3-2-4-12-34/h2-29H,47H2,1H3. The minimum absolute atomic E-state index is 0.0702. The van der Waals surface area contributed by atoms with Crippen molar-refractivity contribution in [1.82, 2.24) is 9.97 Å². The SMILES string of the molecule is CC(c1ccc(-c2ccc(-c3nc(-c4ccccc4)nc4ccccc34)cc2)cc1)c1c(-c2cc3ccccc3cc2N)oc2ccccc12. The van der Waals surface area contributed by atoms with Crippen molar-refractivity contribution in [3.05, 3.63) is 175 Å². The summed E-state index contributed by atoms with van der Waals surface area (Å²) >= 11 is 0. The number of anilines is 1. The monoisotopic (exact) mass is 643 g/mol. The lowest BCUT2D eigenvalue weighted by Crippen LogP contribution is -1.99. The second-order valence-electron chi connectivity index (χ2n) is 12.8. The highest BCUT2D eigenvalue weighted by molar-refractivity contribution is 5.97. The third kappa shape index (κ3) is 5.19. The number of nitrogens with zero attached hydrogens (tertiary/aromatic N) is 2. The summed E-state index contributed by atoms with van der Waals surface area (Å²) in [7, 11) is 0. The van der Waals surface area contributed by atoms with Crippen LogP contribution in [0.25, 0.3) is 77.7 Å². The second-order valence-corrected chi connectivity index (χ2v) is 12.8. The molecule has 4 heteroatoms. The Hall–Kier alpha value is -6.52. The molecule has 4 nitrogen and oxygen atoms in total. The predicted molar refractivity (Wildman–Crippen MR) is 207 cm³/mol. The lowest BCUT2D eigenvalue weighted by Gasteiger charge is -2.16. The fraction of sp³-hybridized carbons (Fsp3) is 0.0435. The number of para-hydroxylation sites is 2. The topological polar surface area (TPSA) is 64.9 Å². The summed E-state index contributed by atoms with van der Waals surface area (Å²) in [5, 5.41) is 4.39. The highest BCUT2D eigenvalue weighted by atomic mass is 16.3. The van der Waals surface area contributed by atoms with Gasteiger partial charge < -0.3 is 10.2 Å². The number of furan rings is 1. The van der Waals surface area contributed by atoms with Crippen molar-refractivity contribution in [3.63, 3.8) is 0 Å². The maximum absolute atomic E-state index is 6.67. The molecule has 0 saturated carbocycles. The molecular formula is C46H33N3O. The van der Waals surface area contributed by atoms with Crippen molar-refractivity contribution in [1.29, 1.82) is 0 Å². The van der Waals surface area contributed by atoms with E-state index in [0.717, 1.165) is 83.3 Å². The van der Waals surface area contributed by atoms with Gasteiger partial charge in [0.1, 0.15) is 11.3 Å². The Morgan fingerprint density at radius 3 is 1.90 bits per heavy atom. The van der Waals surface area contributed by atoms with Crippen LogP contribution in [-0.2, 0) is 0 Å². The molecule has 2 heterocycles. The van der Waals surface area contributed by atoms with E-state index in [-0.39, 0.29) is 5.92 Å². The fourth-order valence-electron chi connectivity index (χ4n) is 7.11. The van der Waals surface area contributed by atoms with E-state index in [1.165, 1.54) is 5.56 Å². The first-order valence-electron chi connectivity index (χ1n) is 16.9. The van der Waals surface area contributed by atoms with Gasteiger partial charge in [-0.05, 0) is 51.7 Å². The Kier molecular flexibility index (Phi) is 7.21. The Morgan fingerprint density at radius 1 is 0.540 bits per heavy atom. The fourth-order valence-corrected chi connectivity index (χ4v) is 7.11. The number of benzene rings is 7. The van der Waals surface area contributed by atoms with E-state index in [0.29, 0.717) is 5.69 Å². The highest BCUT2D eigenvalue weighted by Crippen LogP contribution is 2.44. The van der Waals surface area contributed by atoms with Crippen molar-refractivity contribution in [3.8, 4) is 45.1 Å². The first-order chi connectivity index (χ1) is 24.6. The summed E-state index contributed by atoms with van der Waals surface area (Å²) < 4.78 is 6.57. The van der Waals surface area contributed by atoms with Gasteiger partial charge >= 0.3 is 0 Å². The van der Waals surface area contributed by atoms with Crippen molar-refractivity contribution >= 4 is 38.3 Å². The van der Waals surface area contributed by atoms with Gasteiger partial charge in [0.2, 0.25) is 0 Å². The number of rotatable bonds is 6. The summed E-state index contributed by atoms with van der Waals surface area (Å²) in [6.45, 7) is 2.25. The van der Waals surface area contributed by atoms with E-state index >= 15 is 0 Å². The van der Waals surface area contributed by atoms with Crippen molar-refractivity contribution in [2.24, 2.45) is 0 Å². The predicted octanol–water partition coefficient (Wildman–Crippen LogP) is 11.9. The van der Waals surface area contributed by atoms with Gasteiger partial charge in [0.25, 0.3) is 0 Å². The summed E-state index contributed by atoms with van der Waals surface area (Å²) in [5.41, 5.74) is 17.7. The summed E-state index contributed by atoms with van der Waals surface area (Å²) in [6, 6.07) is 56.7. The molecule has 0 fully saturated rings. The molecular weight excluding hydrogens is 611 g/mol. The summed E-state index contributed by atoms with van der Waals surface area (Å²) in [6.07, 6.45) is 0. The summed E-state index contributed by atoms with van der Waals surface area (Å²) in [5.74, 6) is 1.63. The zero-order valence-corrected chi connectivity index (χ0v) is 27.5. The Bertz CT molecular complexity index is 2660. The van der Waals surface area contributed by atoms with Gasteiger partial charge in [-0.1, -0.05) is 146 Å². The van der Waals surface area contributed by atoms with Gasteiger partial charge in [0.05, 0.1) is 11.2 Å². The molecule has 50 heavy (non-hydrogen) atoms. The normalized spacial score (nSPS) is 12.1. The van der Waals surface area contributed by atoms with Crippen molar-refractivity contribution in [2.45, 2.75) is 12.8 Å². The molecule has 0 saturated heterocycles. The van der Waals surface area contributed by atoms with E-state index in [1.54, 1.807) is 0 Å². The quantitative estimate of drug-likeness (QED) is 0.183. The summed E-state index contributed by atoms with van der Waals surface area (Å²) in [4.78, 5) is 9.91. The van der Waals surface area contributed by atoms with E-state index in [4.69, 9.17) is 20.1 Å².